The van der Waals surface area contributed by atoms with Crippen LogP contribution in [-0.2, 0) is 29.5 Å². The van der Waals surface area contributed by atoms with Gasteiger partial charge >= 0.3 is 0 Å². The molecule has 1 saturated heterocycles. The van der Waals surface area contributed by atoms with Crippen LogP contribution in [-0.4, -0.2) is 15.0 Å². The molecule has 0 aromatic carbocycles. The van der Waals surface area contributed by atoms with E-state index in [9.17, 15) is 0 Å². The van der Waals surface area contributed by atoms with E-state index in [-0.39, 0.29) is 0 Å². The Bertz CT molecular complexity index is 198. The molecule has 1 aliphatic rings. The molecular weight excluding hydrogens is 196 g/mol. The summed E-state index contributed by atoms with van der Waals surface area (Å²) in [5.74, 6) is 2.03. The molecule has 0 aliphatic carbocycles. The van der Waals surface area contributed by atoms with Gasteiger partial charge in [-0.3, -0.25) is 0 Å². The van der Waals surface area contributed by atoms with Crippen molar-refractivity contribution in [2.45, 2.75) is 0 Å². The summed E-state index contributed by atoms with van der Waals surface area (Å²) in [6.07, 6.45) is 0. The van der Waals surface area contributed by atoms with Gasteiger partial charge < -0.3 is 0 Å². The Hall–Kier alpha value is 1.23. The summed E-state index contributed by atoms with van der Waals surface area (Å²) in [5, 5.41) is 0. The molecule has 0 spiro atoms. The summed E-state index contributed by atoms with van der Waals surface area (Å²) in [7, 11) is -1.26. The summed E-state index contributed by atoms with van der Waals surface area (Å²) < 4.78 is 0.905. The molecule has 0 bridgehead atoms. The minimum atomic E-state index is -1.26. The third-order valence-corrected chi connectivity index (χ3v) is 8.66. The van der Waals surface area contributed by atoms with Gasteiger partial charge in [-0.25, -0.2) is 0 Å². The molecule has 5 heteroatoms. The van der Waals surface area contributed by atoms with Gasteiger partial charge in [0.2, 0.25) is 0 Å². The lowest BCUT2D eigenvalue weighted by molar-refractivity contribution is 1.58. The zero-order chi connectivity index (χ0) is 6.20. The molecule has 1 rings (SSSR count). The van der Waals surface area contributed by atoms with Crippen LogP contribution in [0.15, 0.2) is 0 Å². The van der Waals surface area contributed by atoms with E-state index in [1.165, 1.54) is 0 Å². The molecule has 1 aliphatic heterocycles. The highest BCUT2D eigenvalue weighted by atomic mass is 33.1. The molecule has 0 atom stereocenters. The first-order chi connectivity index (χ1) is 3.63. The number of rotatable bonds is 0. The van der Waals surface area contributed by atoms with E-state index in [1.54, 1.807) is 11.8 Å². The molecule has 0 radical (unpaired) electrons. The predicted molar refractivity (Wildman–Crippen MR) is 52.0 cm³/mol. The maximum absolute atomic E-state index is 5.07. The molecule has 8 heavy (non-hydrogen) atoms. The van der Waals surface area contributed by atoms with Gasteiger partial charge in [0.1, 0.15) is 3.53 Å². The Morgan fingerprint density at radius 1 is 1.50 bits per heavy atom. The lowest BCUT2D eigenvalue weighted by Gasteiger charge is -1.92. The quantitative estimate of drug-likeness (QED) is 0.537. The summed E-state index contributed by atoms with van der Waals surface area (Å²) in [5.41, 5.74) is 0. The topological polar surface area (TPSA) is 0 Å². The fraction of sp³-hybridized carbons (Fsp3) is 0.667. The van der Waals surface area contributed by atoms with Gasteiger partial charge in [-0.1, -0.05) is 12.2 Å². The number of thioether (sulfide) groups is 1. The van der Waals surface area contributed by atoms with Crippen molar-refractivity contribution >= 4 is 57.0 Å². The third-order valence-electron chi connectivity index (χ3n) is 0.826. The Labute approximate surface area is 68.2 Å². The summed E-state index contributed by atoms with van der Waals surface area (Å²) in [4.78, 5) is 0. The van der Waals surface area contributed by atoms with E-state index in [1.807, 2.05) is 0 Å². The van der Waals surface area contributed by atoms with Crippen LogP contribution < -0.4 is 0 Å². The minimum absolute atomic E-state index is 0.905. The van der Waals surface area contributed by atoms with Crippen LogP contribution in [0.3, 0.4) is 0 Å². The van der Waals surface area contributed by atoms with Crippen LogP contribution in [0.25, 0.3) is 0 Å². The monoisotopic (exact) mass is 200 g/mol. The van der Waals surface area contributed by atoms with Gasteiger partial charge in [-0.05, 0) is 29.5 Å². The molecule has 0 nitrogen and oxygen atoms in total. The van der Waals surface area contributed by atoms with E-state index >= 15 is 0 Å². The largest absolute Gasteiger partial charge is 0.112 e. The highest BCUT2D eigenvalue weighted by molar-refractivity contribution is 8.74. The molecule has 0 aromatic heterocycles. The van der Waals surface area contributed by atoms with Gasteiger partial charge in [0, 0.05) is 11.5 Å². The van der Waals surface area contributed by atoms with E-state index in [0.29, 0.717) is 0 Å². The zero-order valence-electron chi connectivity index (χ0n) is 3.96. The second-order valence-corrected chi connectivity index (χ2v) is 9.80. The van der Waals surface area contributed by atoms with Crippen molar-refractivity contribution in [3.05, 3.63) is 0 Å². The fourth-order valence-electron chi connectivity index (χ4n) is 0.408. The van der Waals surface area contributed by atoms with Gasteiger partial charge in [0.25, 0.3) is 0 Å². The maximum atomic E-state index is 5.07. The molecule has 1 heterocycles. The molecule has 0 aromatic rings. The van der Waals surface area contributed by atoms with Gasteiger partial charge in [-0.15, -0.1) is 11.8 Å². The minimum Gasteiger partial charge on any atom is -0.106 e. The van der Waals surface area contributed by atoms with Crippen molar-refractivity contribution in [3.8, 4) is 0 Å². The summed E-state index contributed by atoms with van der Waals surface area (Å²) in [6, 6.07) is 0. The molecule has 0 saturated carbocycles. The van der Waals surface area contributed by atoms with E-state index in [4.69, 9.17) is 34.6 Å². The summed E-state index contributed by atoms with van der Waals surface area (Å²) >= 11 is 16.7. The zero-order valence-corrected chi connectivity index (χ0v) is 8.04. The van der Waals surface area contributed by atoms with Crippen molar-refractivity contribution in [2.75, 3.05) is 11.5 Å². The summed E-state index contributed by atoms with van der Waals surface area (Å²) in [6.45, 7) is 0. The standard InChI is InChI=1S/C3H4S5/c4-3-7-1-2-8(3,5)6/h1-2H2. The lowest BCUT2D eigenvalue weighted by atomic mass is 11.0. The second-order valence-electron chi connectivity index (χ2n) is 1.42. The van der Waals surface area contributed by atoms with Crippen molar-refractivity contribution in [1.29, 1.82) is 0 Å². The highest BCUT2D eigenvalue weighted by Gasteiger charge is 2.16. The van der Waals surface area contributed by atoms with Crippen LogP contribution in [0, 0.1) is 0 Å². The van der Waals surface area contributed by atoms with E-state index in [0.717, 1.165) is 15.0 Å². The first-order valence-corrected chi connectivity index (χ1v) is 7.07. The second kappa shape index (κ2) is 2.46. The molecule has 0 unspecified atom stereocenters. The first-order valence-electron chi connectivity index (χ1n) is 2.02. The van der Waals surface area contributed by atoms with Crippen molar-refractivity contribution in [1.82, 2.24) is 0 Å². The average Bonchev–Trinajstić information content (AvgIpc) is 1.86. The molecule has 0 amide bonds. The van der Waals surface area contributed by atoms with Crippen LogP contribution in [0.2, 0.25) is 0 Å². The first kappa shape index (κ1) is 7.34. The van der Waals surface area contributed by atoms with Crippen LogP contribution in [0.1, 0.15) is 0 Å². The average molecular weight is 200 g/mol. The van der Waals surface area contributed by atoms with Gasteiger partial charge in [-0.2, -0.15) is 0 Å². The van der Waals surface area contributed by atoms with Crippen LogP contribution in [0.4, 0.5) is 0 Å². The van der Waals surface area contributed by atoms with Crippen molar-refractivity contribution in [3.63, 3.8) is 0 Å². The van der Waals surface area contributed by atoms with Gasteiger partial charge in [0.05, 0.1) is 0 Å². The SMILES string of the molecule is S=C1SCCS1(=S)=S. The van der Waals surface area contributed by atoms with Gasteiger partial charge in [0.15, 0.2) is 0 Å². The fourth-order valence-corrected chi connectivity index (χ4v) is 5.76. The highest BCUT2D eigenvalue weighted by Crippen LogP contribution is 2.20. The molecule has 1 fully saturated rings. The number of hydrogen-bond donors (Lipinski definition) is 0. The normalized spacial score (nSPS) is 26.2. The Balaban J connectivity index is 3.02. The van der Waals surface area contributed by atoms with Crippen LogP contribution in [0.5, 0.6) is 0 Å². The predicted octanol–water partition coefficient (Wildman–Crippen LogP) is 1.10. The molecule has 0 N–H and O–H groups in total. The number of hydrogen-bond acceptors (Lipinski definition) is 4. The molecule has 46 valence electrons. The van der Waals surface area contributed by atoms with Crippen molar-refractivity contribution < 1.29 is 0 Å². The molecular formula is C3H4S5. The van der Waals surface area contributed by atoms with Crippen LogP contribution >= 0.6 is 24.0 Å². The third kappa shape index (κ3) is 1.39. The lowest BCUT2D eigenvalue weighted by Crippen LogP contribution is -2.00. The Kier molecular flexibility index (Phi) is 2.25. The maximum Gasteiger partial charge on any atom is 0.112 e. The Morgan fingerprint density at radius 3 is 2.25 bits per heavy atom. The Morgan fingerprint density at radius 2 is 2.12 bits per heavy atom. The van der Waals surface area contributed by atoms with E-state index in [2.05, 4.69) is 0 Å². The van der Waals surface area contributed by atoms with Crippen molar-refractivity contribution in [2.24, 2.45) is 0 Å². The number of thiocarbonyl (C=S) groups is 1. The smallest absolute Gasteiger partial charge is 0.106 e. The van der Waals surface area contributed by atoms with E-state index < -0.39 is 7.15 Å².